The van der Waals surface area contributed by atoms with E-state index in [9.17, 15) is 4.79 Å². The fourth-order valence-electron chi connectivity index (χ4n) is 0.537. The maximum Gasteiger partial charge on any atom is 0.224 e. The highest BCUT2D eigenvalue weighted by molar-refractivity contribution is 5.77. The van der Waals surface area contributed by atoms with Crippen LogP contribution >= 0.6 is 0 Å². The predicted octanol–water partition coefficient (Wildman–Crippen LogP) is 3.18. The standard InChI is InChI=1S/C9H13NO.C3H8/c1-4-7-8(5-2)10-9(11)6-3;1-3-2/h4-5,7H,1-2,6H2,3H3,(H,10,11);3H2,1-2H3/b8-7+;. The van der Waals surface area contributed by atoms with Crippen LogP contribution in [0.25, 0.3) is 0 Å². The quantitative estimate of drug-likeness (QED) is 0.686. The van der Waals surface area contributed by atoms with Crippen LogP contribution in [0.3, 0.4) is 0 Å². The van der Waals surface area contributed by atoms with Crippen molar-refractivity contribution < 1.29 is 4.79 Å². The highest BCUT2D eigenvalue weighted by Crippen LogP contribution is 1.91. The van der Waals surface area contributed by atoms with Crippen molar-refractivity contribution in [1.82, 2.24) is 5.32 Å². The summed E-state index contributed by atoms with van der Waals surface area (Å²) in [6.07, 6.45) is 6.60. The molecule has 2 heteroatoms. The Balaban J connectivity index is 0. The molecule has 0 rings (SSSR count). The maximum atomic E-state index is 10.8. The van der Waals surface area contributed by atoms with Crippen molar-refractivity contribution >= 4 is 5.91 Å². The van der Waals surface area contributed by atoms with Gasteiger partial charge in [-0.1, -0.05) is 46.4 Å². The summed E-state index contributed by atoms with van der Waals surface area (Å²) < 4.78 is 0. The number of rotatable bonds is 4. The Morgan fingerprint density at radius 2 is 1.79 bits per heavy atom. The topological polar surface area (TPSA) is 29.1 Å². The number of hydrogen-bond acceptors (Lipinski definition) is 1. The molecule has 0 aliphatic rings. The fraction of sp³-hybridized carbons (Fsp3) is 0.417. The maximum absolute atomic E-state index is 10.8. The normalized spacial score (nSPS) is 9.50. The van der Waals surface area contributed by atoms with Gasteiger partial charge in [0.2, 0.25) is 5.91 Å². The van der Waals surface area contributed by atoms with Crippen molar-refractivity contribution in [3.63, 3.8) is 0 Å². The first-order valence-electron chi connectivity index (χ1n) is 4.91. The predicted molar refractivity (Wildman–Crippen MR) is 62.9 cm³/mol. The zero-order valence-corrected chi connectivity index (χ0v) is 9.47. The number of nitrogens with one attached hydrogen (secondary N) is 1. The van der Waals surface area contributed by atoms with Gasteiger partial charge in [0.15, 0.2) is 0 Å². The van der Waals surface area contributed by atoms with Gasteiger partial charge in [-0.2, -0.15) is 0 Å². The molecule has 1 N–H and O–H groups in total. The second kappa shape index (κ2) is 11.7. The molecule has 0 atom stereocenters. The number of hydrogen-bond donors (Lipinski definition) is 1. The lowest BCUT2D eigenvalue weighted by atomic mass is 10.3. The largest absolute Gasteiger partial charge is 0.326 e. The molecule has 0 aromatic rings. The molecule has 0 fully saturated rings. The third kappa shape index (κ3) is 10.7. The molecule has 0 aromatic carbocycles. The third-order valence-corrected chi connectivity index (χ3v) is 1.12. The Bertz CT molecular complexity index is 204. The van der Waals surface area contributed by atoms with Crippen LogP contribution in [-0.4, -0.2) is 5.91 Å². The molecule has 0 saturated carbocycles. The van der Waals surface area contributed by atoms with Crippen LogP contribution in [0.15, 0.2) is 37.1 Å². The van der Waals surface area contributed by atoms with Gasteiger partial charge >= 0.3 is 0 Å². The molecule has 0 bridgehead atoms. The summed E-state index contributed by atoms with van der Waals surface area (Å²) in [7, 11) is 0. The van der Waals surface area contributed by atoms with E-state index >= 15 is 0 Å². The van der Waals surface area contributed by atoms with E-state index in [1.54, 1.807) is 25.2 Å². The molecule has 0 aliphatic carbocycles. The lowest BCUT2D eigenvalue weighted by Gasteiger charge is -2.01. The van der Waals surface area contributed by atoms with Crippen LogP contribution in [0.2, 0.25) is 0 Å². The third-order valence-electron chi connectivity index (χ3n) is 1.12. The van der Waals surface area contributed by atoms with Gasteiger partial charge in [0, 0.05) is 12.1 Å². The van der Waals surface area contributed by atoms with Gasteiger partial charge in [-0.3, -0.25) is 4.79 Å². The van der Waals surface area contributed by atoms with Gasteiger partial charge in [-0.15, -0.1) is 0 Å². The van der Waals surface area contributed by atoms with Gasteiger partial charge in [-0.05, 0) is 12.2 Å². The second-order valence-corrected chi connectivity index (χ2v) is 2.67. The van der Waals surface area contributed by atoms with E-state index in [-0.39, 0.29) is 5.91 Å². The lowest BCUT2D eigenvalue weighted by Crippen LogP contribution is -2.20. The summed E-state index contributed by atoms with van der Waals surface area (Å²) >= 11 is 0. The lowest BCUT2D eigenvalue weighted by molar-refractivity contribution is -0.120. The zero-order chi connectivity index (χ0) is 11.4. The van der Waals surface area contributed by atoms with Gasteiger partial charge in [0.25, 0.3) is 0 Å². The van der Waals surface area contributed by atoms with E-state index in [1.165, 1.54) is 6.42 Å². The first kappa shape index (κ1) is 15.2. The number of allylic oxidation sites excluding steroid dienone is 3. The molecular formula is C12H21NO. The Kier molecular flexibility index (Phi) is 12.7. The molecule has 0 aliphatic heterocycles. The summed E-state index contributed by atoms with van der Waals surface area (Å²) in [6, 6.07) is 0. The van der Waals surface area contributed by atoms with Gasteiger partial charge in [0.1, 0.15) is 0 Å². The highest BCUT2D eigenvalue weighted by Gasteiger charge is 1.95. The van der Waals surface area contributed by atoms with Gasteiger partial charge < -0.3 is 5.32 Å². The molecule has 14 heavy (non-hydrogen) atoms. The van der Waals surface area contributed by atoms with Gasteiger partial charge in [0.05, 0.1) is 0 Å². The van der Waals surface area contributed by atoms with Crippen molar-refractivity contribution in [2.24, 2.45) is 0 Å². The molecule has 0 unspecified atom stereocenters. The second-order valence-electron chi connectivity index (χ2n) is 2.67. The van der Waals surface area contributed by atoms with Crippen molar-refractivity contribution in [3.8, 4) is 0 Å². The zero-order valence-electron chi connectivity index (χ0n) is 9.47. The average Bonchev–Trinajstić information content (AvgIpc) is 2.18. The van der Waals surface area contributed by atoms with Gasteiger partial charge in [-0.25, -0.2) is 0 Å². The summed E-state index contributed by atoms with van der Waals surface area (Å²) in [5.74, 6) is -0.0157. The monoisotopic (exact) mass is 195 g/mol. The van der Waals surface area contributed by atoms with E-state index < -0.39 is 0 Å². The van der Waals surface area contributed by atoms with Crippen molar-refractivity contribution in [3.05, 3.63) is 37.1 Å². The summed E-state index contributed by atoms with van der Waals surface area (Å²) in [4.78, 5) is 10.8. The number of amides is 1. The molecule has 0 heterocycles. The molecule has 80 valence electrons. The van der Waals surface area contributed by atoms with E-state index in [0.29, 0.717) is 12.1 Å². The first-order valence-corrected chi connectivity index (χ1v) is 4.91. The Labute approximate surface area is 87.4 Å². The first-order chi connectivity index (χ1) is 6.65. The molecule has 2 nitrogen and oxygen atoms in total. The van der Waals surface area contributed by atoms with Crippen LogP contribution in [0.5, 0.6) is 0 Å². The molecule has 1 amide bonds. The number of carbonyl (C=O) groups excluding carboxylic acids is 1. The van der Waals surface area contributed by atoms with E-state index in [4.69, 9.17) is 0 Å². The molecule has 0 aromatic heterocycles. The SMILES string of the molecule is C=C/C=C(\C=C)NC(=O)CC.CCC. The van der Waals surface area contributed by atoms with E-state index in [1.807, 2.05) is 0 Å². The van der Waals surface area contributed by atoms with Crippen LogP contribution in [0, 0.1) is 0 Å². The van der Waals surface area contributed by atoms with Crippen LogP contribution < -0.4 is 5.32 Å². The minimum Gasteiger partial charge on any atom is -0.326 e. The Morgan fingerprint density at radius 3 is 2.07 bits per heavy atom. The van der Waals surface area contributed by atoms with Crippen molar-refractivity contribution in [2.75, 3.05) is 0 Å². The number of carbonyl (C=O) groups is 1. The summed E-state index contributed by atoms with van der Waals surface area (Å²) in [5.41, 5.74) is 0.687. The van der Waals surface area contributed by atoms with Crippen molar-refractivity contribution in [2.45, 2.75) is 33.6 Å². The summed E-state index contributed by atoms with van der Waals surface area (Å²) in [5, 5.41) is 2.65. The Hall–Kier alpha value is -1.31. The average molecular weight is 195 g/mol. The summed E-state index contributed by atoms with van der Waals surface area (Å²) in [6.45, 7) is 13.1. The van der Waals surface area contributed by atoms with E-state index in [2.05, 4.69) is 32.3 Å². The Morgan fingerprint density at radius 1 is 1.29 bits per heavy atom. The van der Waals surface area contributed by atoms with Crippen LogP contribution in [0.4, 0.5) is 0 Å². The minimum atomic E-state index is -0.0157. The van der Waals surface area contributed by atoms with E-state index in [0.717, 1.165) is 0 Å². The molecule has 0 radical (unpaired) electrons. The van der Waals surface area contributed by atoms with Crippen LogP contribution in [-0.2, 0) is 4.79 Å². The molecule has 0 spiro atoms. The molecular weight excluding hydrogens is 174 g/mol. The minimum absolute atomic E-state index is 0.0157. The smallest absolute Gasteiger partial charge is 0.224 e. The highest BCUT2D eigenvalue weighted by atomic mass is 16.1. The molecule has 0 saturated heterocycles. The van der Waals surface area contributed by atoms with Crippen LogP contribution in [0.1, 0.15) is 33.6 Å². The fourth-order valence-corrected chi connectivity index (χ4v) is 0.537. The van der Waals surface area contributed by atoms with Crippen molar-refractivity contribution in [1.29, 1.82) is 0 Å².